The third kappa shape index (κ3) is 9.05. The van der Waals surface area contributed by atoms with Crippen molar-refractivity contribution in [3.05, 3.63) is 36.5 Å². The van der Waals surface area contributed by atoms with Crippen molar-refractivity contribution in [1.29, 1.82) is 0 Å². The predicted octanol–water partition coefficient (Wildman–Crippen LogP) is 6.71. The number of aliphatic hydroxyl groups excluding tert-OH is 1. The number of carbonyl (C=O) groups is 4. The fourth-order valence-corrected chi connectivity index (χ4v) is 9.35. The number of rotatable bonds is 10. The fraction of sp³-hybridized carbons (Fsp3) is 0.721. The maximum atomic E-state index is 14.4. The van der Waals surface area contributed by atoms with Crippen LogP contribution in [0.25, 0.3) is 11.3 Å². The van der Waals surface area contributed by atoms with E-state index >= 15 is 0 Å². The predicted molar refractivity (Wildman–Crippen MR) is 209 cm³/mol. The Hall–Kier alpha value is -3.68. The monoisotopic (exact) mass is 780 g/mol. The van der Waals surface area contributed by atoms with Gasteiger partial charge < -0.3 is 33.5 Å². The molecule has 310 valence electrons. The zero-order valence-corrected chi connectivity index (χ0v) is 35.0. The first-order chi connectivity index (χ1) is 26.4. The van der Waals surface area contributed by atoms with E-state index in [1.807, 2.05) is 73.7 Å². The molecule has 0 bridgehead atoms. The van der Waals surface area contributed by atoms with Crippen LogP contribution >= 0.6 is 0 Å². The van der Waals surface area contributed by atoms with E-state index in [0.29, 0.717) is 45.2 Å². The number of amides is 1. The van der Waals surface area contributed by atoms with Crippen LogP contribution < -0.4 is 0 Å². The van der Waals surface area contributed by atoms with E-state index in [-0.39, 0.29) is 30.0 Å². The normalized spacial score (nSPS) is 34.4. The van der Waals surface area contributed by atoms with Crippen molar-refractivity contribution in [2.45, 2.75) is 163 Å². The molecule has 0 saturated carbocycles. The molecule has 0 aliphatic carbocycles. The number of fused-ring (bicyclic) bond motifs is 1. The van der Waals surface area contributed by atoms with Gasteiger partial charge in [-0.3, -0.25) is 19.4 Å². The molecule has 3 aliphatic heterocycles. The van der Waals surface area contributed by atoms with Gasteiger partial charge in [-0.25, -0.2) is 9.78 Å². The van der Waals surface area contributed by atoms with E-state index in [2.05, 4.69) is 9.55 Å². The van der Waals surface area contributed by atoms with Crippen molar-refractivity contribution in [2.75, 3.05) is 6.54 Å². The van der Waals surface area contributed by atoms with Gasteiger partial charge in [-0.1, -0.05) is 48.5 Å². The number of aliphatic hydroxyl groups is 1. The Balaban J connectivity index is 1.41. The molecule has 5 heterocycles. The van der Waals surface area contributed by atoms with Crippen molar-refractivity contribution in [3.8, 4) is 11.3 Å². The molecule has 11 atom stereocenters. The third-order valence-corrected chi connectivity index (χ3v) is 12.6. The first-order valence-corrected chi connectivity index (χ1v) is 20.6. The van der Waals surface area contributed by atoms with Crippen LogP contribution in [0, 0.1) is 36.0 Å². The number of aromatic nitrogens is 3. The van der Waals surface area contributed by atoms with E-state index < -0.39 is 71.5 Å². The van der Waals surface area contributed by atoms with Gasteiger partial charge in [0.2, 0.25) is 0 Å². The largest absolute Gasteiger partial charge is 0.457 e. The Labute approximate surface area is 332 Å². The lowest BCUT2D eigenvalue weighted by molar-refractivity contribution is -0.284. The lowest BCUT2D eigenvalue weighted by Crippen LogP contribution is -2.56. The maximum Gasteiger partial charge on any atom is 0.410 e. The Bertz CT molecular complexity index is 1700. The number of Topliss-reactive ketones (excluding diaryl/α,β-unsaturated/α-hetero) is 2. The second kappa shape index (κ2) is 17.9. The molecule has 0 radical (unpaired) electrons. The molecule has 5 rings (SSSR count). The van der Waals surface area contributed by atoms with Gasteiger partial charge in [0.25, 0.3) is 0 Å². The molecule has 3 fully saturated rings. The van der Waals surface area contributed by atoms with Crippen LogP contribution in [-0.4, -0.2) is 97.1 Å². The molecule has 2 aromatic heterocycles. The van der Waals surface area contributed by atoms with Gasteiger partial charge in [-0.2, -0.15) is 0 Å². The Morgan fingerprint density at radius 3 is 2.41 bits per heavy atom. The summed E-state index contributed by atoms with van der Waals surface area (Å²) >= 11 is 0. The highest BCUT2D eigenvalue weighted by atomic mass is 16.7. The van der Waals surface area contributed by atoms with E-state index in [9.17, 15) is 24.3 Å². The Morgan fingerprint density at radius 1 is 1.04 bits per heavy atom. The van der Waals surface area contributed by atoms with Crippen LogP contribution in [0.5, 0.6) is 0 Å². The molecule has 2 aromatic rings. The number of hydrogen-bond acceptors (Lipinski definition) is 11. The lowest BCUT2D eigenvalue weighted by atomic mass is 9.70. The minimum absolute atomic E-state index is 0.00895. The average molecular weight is 781 g/mol. The summed E-state index contributed by atoms with van der Waals surface area (Å²) in [5.41, 5.74) is -0.291. The summed E-state index contributed by atoms with van der Waals surface area (Å²) in [5, 5.41) is 11.1. The van der Waals surface area contributed by atoms with Gasteiger partial charge in [0.05, 0.1) is 23.9 Å². The molecule has 1 unspecified atom stereocenters. The maximum absolute atomic E-state index is 14.4. The summed E-state index contributed by atoms with van der Waals surface area (Å²) in [5.74, 6) is -2.82. The number of esters is 1. The molecule has 56 heavy (non-hydrogen) atoms. The van der Waals surface area contributed by atoms with Crippen molar-refractivity contribution < 1.29 is 43.2 Å². The number of cyclic esters (lactones) is 1. The summed E-state index contributed by atoms with van der Waals surface area (Å²) in [6.45, 7) is 19.6. The summed E-state index contributed by atoms with van der Waals surface area (Å²) in [6.07, 6.45) is 4.22. The fourth-order valence-electron chi connectivity index (χ4n) is 9.35. The number of imidazole rings is 1. The number of aryl methyl sites for hydroxylation is 2. The van der Waals surface area contributed by atoms with Crippen molar-refractivity contribution in [1.82, 2.24) is 19.4 Å². The number of hydrogen-bond donors (Lipinski definition) is 1. The molecule has 3 saturated heterocycles. The van der Waals surface area contributed by atoms with Crippen molar-refractivity contribution in [2.24, 2.45) is 29.1 Å². The molecule has 0 aromatic carbocycles. The second-order valence-corrected chi connectivity index (χ2v) is 17.3. The minimum Gasteiger partial charge on any atom is -0.457 e. The number of ether oxygens (including phenoxy) is 4. The highest BCUT2D eigenvalue weighted by Gasteiger charge is 2.59. The van der Waals surface area contributed by atoms with Crippen LogP contribution in [-0.2, 0) is 39.9 Å². The van der Waals surface area contributed by atoms with Gasteiger partial charge >= 0.3 is 12.1 Å². The van der Waals surface area contributed by atoms with Crippen LogP contribution in [0.1, 0.15) is 113 Å². The molecule has 3 aliphatic rings. The first kappa shape index (κ1) is 43.4. The summed E-state index contributed by atoms with van der Waals surface area (Å²) < 4.78 is 27.1. The van der Waals surface area contributed by atoms with Crippen molar-refractivity contribution >= 4 is 23.6 Å². The third-order valence-electron chi connectivity index (χ3n) is 12.6. The Kier molecular flexibility index (Phi) is 13.8. The SMILES string of the molecule is CC[C@H]1OC(=O)[C@H](C)C(=O)[C@H](C)[C@@H](OC2O[C@H](C)C[C@H](C)[C@H]2O)C(C)(C)C[C@@H](C)C(=O)C[C@H]2N(CCCCn3cc(-c4cccnc4)nc3C)C(=O)O[C@]12CC. The molecule has 13 nitrogen and oxygen atoms in total. The average Bonchev–Trinajstić information content (AvgIpc) is 3.67. The zero-order valence-electron chi connectivity index (χ0n) is 35.0. The topological polar surface area (TPSA) is 159 Å². The van der Waals surface area contributed by atoms with Crippen LogP contribution in [0.4, 0.5) is 4.79 Å². The van der Waals surface area contributed by atoms with E-state index in [1.54, 1.807) is 24.2 Å². The Morgan fingerprint density at radius 2 is 1.75 bits per heavy atom. The van der Waals surface area contributed by atoms with Crippen molar-refractivity contribution in [3.63, 3.8) is 0 Å². The number of ketones is 2. The van der Waals surface area contributed by atoms with Gasteiger partial charge in [-0.15, -0.1) is 0 Å². The van der Waals surface area contributed by atoms with Gasteiger partial charge in [0.1, 0.15) is 29.7 Å². The van der Waals surface area contributed by atoms with E-state index in [1.165, 1.54) is 6.92 Å². The number of pyridine rings is 1. The minimum atomic E-state index is -1.29. The van der Waals surface area contributed by atoms with Gasteiger partial charge in [-0.05, 0) is 82.8 Å². The first-order valence-electron chi connectivity index (χ1n) is 20.6. The highest BCUT2D eigenvalue weighted by Crippen LogP contribution is 2.44. The van der Waals surface area contributed by atoms with E-state index in [4.69, 9.17) is 23.9 Å². The quantitative estimate of drug-likeness (QED) is 0.155. The molecule has 13 heteroatoms. The number of nitrogens with zero attached hydrogens (tertiary/aromatic N) is 4. The second-order valence-electron chi connectivity index (χ2n) is 17.3. The number of unbranched alkanes of at least 4 members (excludes halogenated alkanes) is 1. The molecular formula is C43H64N4O9. The van der Waals surface area contributed by atoms with Crippen LogP contribution in [0.15, 0.2) is 30.7 Å². The zero-order chi connectivity index (χ0) is 41.1. The van der Waals surface area contributed by atoms with Crippen LogP contribution in [0.3, 0.4) is 0 Å². The lowest BCUT2D eigenvalue weighted by Gasteiger charge is -2.45. The molecule has 0 spiro atoms. The van der Waals surface area contributed by atoms with Gasteiger partial charge in [0, 0.05) is 55.5 Å². The standard InChI is InChI=1S/C43H64N4O9/c1-11-35-43(12-2)34(47(41(52)56-43)19-14-13-18-46-24-32(45-30(46)8)31-16-15-17-44-23-31)21-33(48)26(4)22-42(9,10)38(28(6)37(50)29(7)39(51)54-35)55-40-36(49)25(3)20-27(5)53-40/h15-17,23-29,34-36,38,40,49H,11-14,18-22H2,1-10H3/t25-,26+,27+,28-,29+,34+,35+,36+,38+,40?,43-/m0/s1. The van der Waals surface area contributed by atoms with Crippen LogP contribution in [0.2, 0.25) is 0 Å². The van der Waals surface area contributed by atoms with E-state index in [0.717, 1.165) is 23.5 Å². The smallest absolute Gasteiger partial charge is 0.410 e. The molecular weight excluding hydrogens is 716 g/mol. The highest BCUT2D eigenvalue weighted by molar-refractivity contribution is 6.00. The summed E-state index contributed by atoms with van der Waals surface area (Å²) in [7, 11) is 0. The molecule has 1 amide bonds. The summed E-state index contributed by atoms with van der Waals surface area (Å²) in [6, 6.07) is 3.15. The summed E-state index contributed by atoms with van der Waals surface area (Å²) in [4.78, 5) is 66.9. The number of carbonyl (C=O) groups excluding carboxylic acids is 4. The van der Waals surface area contributed by atoms with Gasteiger partial charge in [0.15, 0.2) is 17.7 Å². The molecule has 1 N–H and O–H groups in total.